The molecule has 1 aromatic carbocycles. The molecule has 2 rings (SSSR count). The maximum absolute atomic E-state index is 11.6. The lowest BCUT2D eigenvalue weighted by molar-refractivity contribution is 0.0521. The fourth-order valence-corrected chi connectivity index (χ4v) is 2.03. The second-order valence-corrected chi connectivity index (χ2v) is 4.37. The zero-order valence-corrected chi connectivity index (χ0v) is 11.3. The molecule has 0 aliphatic carbocycles. The van der Waals surface area contributed by atoms with Crippen molar-refractivity contribution in [2.75, 3.05) is 12.3 Å². The predicted octanol–water partition coefficient (Wildman–Crippen LogP) is 2.39. The number of para-hydroxylation sites is 1. The van der Waals surface area contributed by atoms with Crippen molar-refractivity contribution < 1.29 is 9.53 Å². The van der Waals surface area contributed by atoms with E-state index in [0.717, 1.165) is 10.2 Å². The highest BCUT2D eigenvalue weighted by Gasteiger charge is 2.18. The smallest absolute Gasteiger partial charge is 0.360 e. The van der Waals surface area contributed by atoms with Crippen LogP contribution in [0.5, 0.6) is 0 Å². The third-order valence-electron chi connectivity index (χ3n) is 2.39. The summed E-state index contributed by atoms with van der Waals surface area (Å²) in [7, 11) is 0. The van der Waals surface area contributed by atoms with Gasteiger partial charge in [-0.2, -0.15) is 0 Å². The van der Waals surface area contributed by atoms with Gasteiger partial charge in [-0.15, -0.1) is 0 Å². The molecule has 0 aliphatic heterocycles. The van der Waals surface area contributed by atoms with Crippen LogP contribution in [-0.4, -0.2) is 22.1 Å². The monoisotopic (exact) mass is 309 g/mol. The Balaban J connectivity index is 2.43. The van der Waals surface area contributed by atoms with Crippen LogP contribution >= 0.6 is 15.9 Å². The lowest BCUT2D eigenvalue weighted by Crippen LogP contribution is -2.09. The van der Waals surface area contributed by atoms with Crippen LogP contribution in [0.4, 0.5) is 5.82 Å². The molecule has 0 saturated carbocycles. The van der Waals surface area contributed by atoms with E-state index in [-0.39, 0.29) is 11.5 Å². The van der Waals surface area contributed by atoms with Gasteiger partial charge >= 0.3 is 5.97 Å². The fourth-order valence-electron chi connectivity index (χ4n) is 1.55. The average Bonchev–Trinajstić information content (AvgIpc) is 2.72. The highest BCUT2D eigenvalue weighted by molar-refractivity contribution is 9.10. The minimum atomic E-state index is -0.513. The molecule has 0 radical (unpaired) electrons. The van der Waals surface area contributed by atoms with Crippen molar-refractivity contribution in [2.45, 2.75) is 6.92 Å². The van der Waals surface area contributed by atoms with Gasteiger partial charge in [0.1, 0.15) is 12.1 Å². The standard InChI is InChI=1S/C12H12BrN3O2/c1-2-18-12(17)10-11(14)16(7-15-10)9-6-4-3-5-8(9)13/h3-7H,2,14H2,1H3. The number of carbonyl (C=O) groups is 1. The van der Waals surface area contributed by atoms with Gasteiger partial charge < -0.3 is 10.5 Å². The number of esters is 1. The number of anilines is 1. The maximum Gasteiger partial charge on any atom is 0.360 e. The molecular weight excluding hydrogens is 298 g/mol. The lowest BCUT2D eigenvalue weighted by atomic mass is 10.3. The van der Waals surface area contributed by atoms with Crippen LogP contribution in [0.15, 0.2) is 35.1 Å². The third kappa shape index (κ3) is 2.24. The van der Waals surface area contributed by atoms with Crippen molar-refractivity contribution >= 4 is 27.7 Å². The Kier molecular flexibility index (Phi) is 3.66. The first-order valence-electron chi connectivity index (χ1n) is 5.40. The van der Waals surface area contributed by atoms with Crippen LogP contribution in [-0.2, 0) is 4.74 Å². The Morgan fingerprint density at radius 1 is 1.50 bits per heavy atom. The van der Waals surface area contributed by atoms with Crippen molar-refractivity contribution in [3.8, 4) is 5.69 Å². The first kappa shape index (κ1) is 12.6. The number of benzene rings is 1. The highest BCUT2D eigenvalue weighted by Crippen LogP contribution is 2.24. The Bertz CT molecular complexity index is 580. The summed E-state index contributed by atoms with van der Waals surface area (Å²) < 4.78 is 7.38. The molecule has 0 unspecified atom stereocenters. The summed E-state index contributed by atoms with van der Waals surface area (Å²) in [5.74, 6) is -0.249. The Morgan fingerprint density at radius 2 is 2.22 bits per heavy atom. The molecule has 5 nitrogen and oxygen atoms in total. The van der Waals surface area contributed by atoms with Gasteiger partial charge in [0.15, 0.2) is 5.69 Å². The second kappa shape index (κ2) is 5.22. The summed E-state index contributed by atoms with van der Waals surface area (Å²) in [4.78, 5) is 15.6. The molecule has 2 N–H and O–H groups in total. The van der Waals surface area contributed by atoms with Crippen LogP contribution < -0.4 is 5.73 Å². The first-order chi connectivity index (χ1) is 8.65. The van der Waals surface area contributed by atoms with E-state index >= 15 is 0 Å². The zero-order chi connectivity index (χ0) is 13.1. The van der Waals surface area contributed by atoms with Gasteiger partial charge in [-0.1, -0.05) is 12.1 Å². The molecule has 1 aromatic heterocycles. The number of halogens is 1. The Hall–Kier alpha value is -1.82. The number of rotatable bonds is 3. The molecule has 0 aliphatic rings. The number of aromatic nitrogens is 2. The normalized spacial score (nSPS) is 10.3. The van der Waals surface area contributed by atoms with Gasteiger partial charge in [-0.05, 0) is 35.0 Å². The summed E-state index contributed by atoms with van der Waals surface area (Å²) in [5, 5.41) is 0. The van der Waals surface area contributed by atoms with Gasteiger partial charge in [0.05, 0.1) is 12.3 Å². The summed E-state index contributed by atoms with van der Waals surface area (Å²) in [6.45, 7) is 2.03. The van der Waals surface area contributed by atoms with E-state index in [1.165, 1.54) is 6.33 Å². The van der Waals surface area contributed by atoms with Gasteiger partial charge in [-0.3, -0.25) is 4.57 Å². The molecule has 94 valence electrons. The molecule has 0 fully saturated rings. The fraction of sp³-hybridized carbons (Fsp3) is 0.167. The number of hydrogen-bond acceptors (Lipinski definition) is 4. The molecule has 0 saturated heterocycles. The van der Waals surface area contributed by atoms with E-state index in [0.29, 0.717) is 6.61 Å². The van der Waals surface area contributed by atoms with Crippen LogP contribution in [0.1, 0.15) is 17.4 Å². The van der Waals surface area contributed by atoms with Gasteiger partial charge in [-0.25, -0.2) is 9.78 Å². The van der Waals surface area contributed by atoms with E-state index in [4.69, 9.17) is 10.5 Å². The zero-order valence-electron chi connectivity index (χ0n) is 9.76. The summed E-state index contributed by atoms with van der Waals surface area (Å²) in [6.07, 6.45) is 1.50. The minimum absolute atomic E-state index is 0.132. The van der Waals surface area contributed by atoms with E-state index in [9.17, 15) is 4.79 Å². The SMILES string of the molecule is CCOC(=O)c1ncn(-c2ccccc2Br)c1N. The highest BCUT2D eigenvalue weighted by atomic mass is 79.9. The number of ether oxygens (including phenoxy) is 1. The quantitative estimate of drug-likeness (QED) is 0.884. The number of nitrogen functional groups attached to an aromatic ring is 1. The van der Waals surface area contributed by atoms with E-state index < -0.39 is 5.97 Å². The maximum atomic E-state index is 11.6. The van der Waals surface area contributed by atoms with Crippen molar-refractivity contribution in [3.63, 3.8) is 0 Å². The topological polar surface area (TPSA) is 70.1 Å². The van der Waals surface area contributed by atoms with Crippen LogP contribution in [0, 0.1) is 0 Å². The number of hydrogen-bond donors (Lipinski definition) is 1. The lowest BCUT2D eigenvalue weighted by Gasteiger charge is -2.07. The summed E-state index contributed by atoms with van der Waals surface area (Å²) in [5.41, 5.74) is 6.86. The van der Waals surface area contributed by atoms with Crippen molar-refractivity contribution in [1.29, 1.82) is 0 Å². The Morgan fingerprint density at radius 3 is 2.89 bits per heavy atom. The average molecular weight is 310 g/mol. The van der Waals surface area contributed by atoms with Gasteiger partial charge in [0.25, 0.3) is 0 Å². The molecular formula is C12H12BrN3O2. The number of nitrogens with two attached hydrogens (primary N) is 1. The second-order valence-electron chi connectivity index (χ2n) is 3.52. The van der Waals surface area contributed by atoms with Crippen molar-refractivity contribution in [3.05, 3.63) is 40.8 Å². The largest absolute Gasteiger partial charge is 0.461 e. The van der Waals surface area contributed by atoms with Crippen LogP contribution in [0.2, 0.25) is 0 Å². The van der Waals surface area contributed by atoms with Crippen molar-refractivity contribution in [2.24, 2.45) is 0 Å². The summed E-state index contributed by atoms with van der Waals surface area (Å²) >= 11 is 3.42. The molecule has 2 aromatic rings. The van der Waals surface area contributed by atoms with E-state index in [1.54, 1.807) is 11.5 Å². The van der Waals surface area contributed by atoms with Crippen LogP contribution in [0.25, 0.3) is 5.69 Å². The van der Waals surface area contributed by atoms with Crippen molar-refractivity contribution in [1.82, 2.24) is 9.55 Å². The molecule has 0 atom stereocenters. The molecule has 18 heavy (non-hydrogen) atoms. The number of imidazole rings is 1. The van der Waals surface area contributed by atoms with Gasteiger partial charge in [0, 0.05) is 4.47 Å². The molecule has 0 spiro atoms. The third-order valence-corrected chi connectivity index (χ3v) is 3.06. The molecule has 0 bridgehead atoms. The van der Waals surface area contributed by atoms with E-state index in [1.807, 2.05) is 24.3 Å². The first-order valence-corrected chi connectivity index (χ1v) is 6.19. The van der Waals surface area contributed by atoms with E-state index in [2.05, 4.69) is 20.9 Å². The minimum Gasteiger partial charge on any atom is -0.461 e. The number of nitrogens with zero attached hydrogens (tertiary/aromatic N) is 2. The van der Waals surface area contributed by atoms with Gasteiger partial charge in [0.2, 0.25) is 0 Å². The Labute approximate surface area is 113 Å². The number of carbonyl (C=O) groups excluding carboxylic acids is 1. The molecule has 0 amide bonds. The van der Waals surface area contributed by atoms with Crippen LogP contribution in [0.3, 0.4) is 0 Å². The molecule has 1 heterocycles. The summed E-state index contributed by atoms with van der Waals surface area (Å²) in [6, 6.07) is 7.53. The molecule has 6 heteroatoms. The predicted molar refractivity (Wildman–Crippen MR) is 71.6 cm³/mol.